The Morgan fingerprint density at radius 1 is 0.750 bits per heavy atom. The van der Waals surface area contributed by atoms with Gasteiger partial charge in [0.25, 0.3) is 0 Å². The molecule has 0 saturated heterocycles. The first-order chi connectivity index (χ1) is 7.04. The van der Waals surface area contributed by atoms with E-state index in [9.17, 15) is 0 Å². The highest BCUT2D eigenvalue weighted by Crippen LogP contribution is 2.64. The lowest BCUT2D eigenvalue weighted by Gasteiger charge is -2.66. The van der Waals surface area contributed by atoms with Crippen molar-refractivity contribution < 1.29 is 9.47 Å². The second-order valence-corrected chi connectivity index (χ2v) is 6.89. The standard InChI is InChI=1S/C14H28O2/c1-10(2)15-14(16-11(3)4)12(5,6)9-13(14,7)8/h10-11H,9H2,1-8H3. The summed E-state index contributed by atoms with van der Waals surface area (Å²) in [6, 6.07) is 0. The minimum atomic E-state index is -0.442. The molecule has 1 saturated carbocycles. The van der Waals surface area contributed by atoms with Gasteiger partial charge in [0.2, 0.25) is 0 Å². The minimum absolute atomic E-state index is 0.0883. The van der Waals surface area contributed by atoms with Gasteiger partial charge in [-0.2, -0.15) is 0 Å². The first-order valence-electron chi connectivity index (χ1n) is 6.40. The van der Waals surface area contributed by atoms with Crippen LogP contribution in [0.1, 0.15) is 61.8 Å². The van der Waals surface area contributed by atoms with Gasteiger partial charge >= 0.3 is 0 Å². The molecule has 0 spiro atoms. The van der Waals surface area contributed by atoms with Crippen molar-refractivity contribution in [1.82, 2.24) is 0 Å². The molecule has 1 aliphatic carbocycles. The van der Waals surface area contributed by atoms with E-state index in [-0.39, 0.29) is 23.0 Å². The summed E-state index contributed by atoms with van der Waals surface area (Å²) in [5, 5.41) is 0. The van der Waals surface area contributed by atoms with Crippen molar-refractivity contribution in [2.75, 3.05) is 0 Å². The van der Waals surface area contributed by atoms with Crippen LogP contribution in [-0.4, -0.2) is 18.0 Å². The smallest absolute Gasteiger partial charge is 0.179 e. The molecule has 96 valence electrons. The van der Waals surface area contributed by atoms with Gasteiger partial charge in [-0.05, 0) is 34.1 Å². The molecule has 0 aromatic heterocycles. The lowest BCUT2D eigenvalue weighted by Crippen LogP contribution is -2.70. The molecule has 0 N–H and O–H groups in total. The summed E-state index contributed by atoms with van der Waals surface area (Å²) in [4.78, 5) is 0. The molecule has 0 aromatic rings. The molecule has 0 atom stereocenters. The van der Waals surface area contributed by atoms with Crippen LogP contribution in [0.3, 0.4) is 0 Å². The molecule has 0 unspecified atom stereocenters. The van der Waals surface area contributed by atoms with Gasteiger partial charge in [-0.15, -0.1) is 0 Å². The van der Waals surface area contributed by atoms with Crippen LogP contribution in [-0.2, 0) is 9.47 Å². The van der Waals surface area contributed by atoms with Crippen molar-refractivity contribution in [1.29, 1.82) is 0 Å². The van der Waals surface area contributed by atoms with E-state index >= 15 is 0 Å². The summed E-state index contributed by atoms with van der Waals surface area (Å²) >= 11 is 0. The zero-order valence-corrected chi connectivity index (χ0v) is 12.2. The topological polar surface area (TPSA) is 18.5 Å². The van der Waals surface area contributed by atoms with E-state index in [0.717, 1.165) is 6.42 Å². The van der Waals surface area contributed by atoms with Crippen molar-refractivity contribution in [3.05, 3.63) is 0 Å². The van der Waals surface area contributed by atoms with E-state index in [4.69, 9.17) is 9.47 Å². The van der Waals surface area contributed by atoms with Gasteiger partial charge in [0.15, 0.2) is 5.79 Å². The number of hydrogen-bond donors (Lipinski definition) is 0. The van der Waals surface area contributed by atoms with E-state index < -0.39 is 5.79 Å². The Morgan fingerprint density at radius 3 is 1.25 bits per heavy atom. The van der Waals surface area contributed by atoms with Gasteiger partial charge in [0.05, 0.1) is 12.2 Å². The maximum Gasteiger partial charge on any atom is 0.179 e. The van der Waals surface area contributed by atoms with Crippen LogP contribution in [0.15, 0.2) is 0 Å². The third-order valence-corrected chi connectivity index (χ3v) is 3.47. The SMILES string of the molecule is CC(C)OC1(OC(C)C)C(C)(C)CC1(C)C. The number of rotatable bonds is 4. The Kier molecular flexibility index (Phi) is 3.49. The zero-order valence-electron chi connectivity index (χ0n) is 12.2. The third-order valence-electron chi connectivity index (χ3n) is 3.47. The van der Waals surface area contributed by atoms with Crippen LogP contribution in [0.25, 0.3) is 0 Å². The monoisotopic (exact) mass is 228 g/mol. The van der Waals surface area contributed by atoms with Gasteiger partial charge in [-0.3, -0.25) is 0 Å². The normalized spacial score (nSPS) is 25.9. The fourth-order valence-corrected chi connectivity index (χ4v) is 3.48. The Bertz CT molecular complexity index is 225. The van der Waals surface area contributed by atoms with E-state index in [1.54, 1.807) is 0 Å². The molecule has 1 aliphatic rings. The van der Waals surface area contributed by atoms with Gasteiger partial charge < -0.3 is 9.47 Å². The predicted molar refractivity (Wildman–Crippen MR) is 67.4 cm³/mol. The van der Waals surface area contributed by atoms with Crippen LogP contribution in [0.4, 0.5) is 0 Å². The fraction of sp³-hybridized carbons (Fsp3) is 1.00. The molecule has 0 radical (unpaired) electrons. The molecule has 1 rings (SSSR count). The minimum Gasteiger partial charge on any atom is -0.346 e. The van der Waals surface area contributed by atoms with Crippen molar-refractivity contribution in [3.8, 4) is 0 Å². The van der Waals surface area contributed by atoms with Crippen LogP contribution in [0, 0.1) is 10.8 Å². The number of ether oxygens (including phenoxy) is 2. The highest BCUT2D eigenvalue weighted by Gasteiger charge is 2.68. The number of hydrogen-bond acceptors (Lipinski definition) is 2. The first kappa shape index (κ1) is 14.0. The van der Waals surface area contributed by atoms with E-state index in [1.807, 2.05) is 0 Å². The second kappa shape index (κ2) is 3.99. The Hall–Kier alpha value is -0.0800. The molecular formula is C14H28O2. The van der Waals surface area contributed by atoms with Crippen LogP contribution in [0.5, 0.6) is 0 Å². The van der Waals surface area contributed by atoms with Crippen LogP contribution < -0.4 is 0 Å². The molecular weight excluding hydrogens is 200 g/mol. The predicted octanol–water partition coefficient (Wildman–Crippen LogP) is 3.99. The molecule has 0 aliphatic heterocycles. The van der Waals surface area contributed by atoms with E-state index in [1.165, 1.54) is 0 Å². The average molecular weight is 228 g/mol. The molecule has 0 bridgehead atoms. The maximum atomic E-state index is 6.19. The van der Waals surface area contributed by atoms with Crippen LogP contribution >= 0.6 is 0 Å². The Labute approximate surface area is 101 Å². The summed E-state index contributed by atoms with van der Waals surface area (Å²) in [7, 11) is 0. The Balaban J connectivity index is 3.01. The van der Waals surface area contributed by atoms with Crippen molar-refractivity contribution in [2.24, 2.45) is 10.8 Å². The third kappa shape index (κ3) is 2.02. The summed E-state index contributed by atoms with van der Waals surface area (Å²) in [6.07, 6.45) is 1.52. The molecule has 1 fully saturated rings. The van der Waals surface area contributed by atoms with Gasteiger partial charge in [0.1, 0.15) is 0 Å². The summed E-state index contributed by atoms with van der Waals surface area (Å²) in [5.74, 6) is -0.442. The second-order valence-electron chi connectivity index (χ2n) is 6.89. The average Bonchev–Trinajstić information content (AvgIpc) is 1.98. The van der Waals surface area contributed by atoms with Gasteiger partial charge in [0, 0.05) is 10.8 Å². The van der Waals surface area contributed by atoms with Crippen molar-refractivity contribution >= 4 is 0 Å². The summed E-state index contributed by atoms with van der Waals surface area (Å²) < 4.78 is 12.4. The maximum absolute atomic E-state index is 6.19. The van der Waals surface area contributed by atoms with Crippen LogP contribution in [0.2, 0.25) is 0 Å². The van der Waals surface area contributed by atoms with E-state index in [2.05, 4.69) is 55.4 Å². The molecule has 2 heteroatoms. The first-order valence-corrected chi connectivity index (χ1v) is 6.40. The van der Waals surface area contributed by atoms with Gasteiger partial charge in [-0.25, -0.2) is 0 Å². The quantitative estimate of drug-likeness (QED) is 0.677. The lowest BCUT2D eigenvalue weighted by molar-refractivity contribution is -0.422. The molecule has 16 heavy (non-hydrogen) atoms. The van der Waals surface area contributed by atoms with E-state index in [0.29, 0.717) is 0 Å². The summed E-state index contributed by atoms with van der Waals surface area (Å²) in [6.45, 7) is 17.3. The Morgan fingerprint density at radius 2 is 1.06 bits per heavy atom. The zero-order chi connectivity index (χ0) is 12.8. The molecule has 0 amide bonds. The lowest BCUT2D eigenvalue weighted by atomic mass is 9.50. The highest BCUT2D eigenvalue weighted by molar-refractivity contribution is 5.11. The van der Waals surface area contributed by atoms with Crippen molar-refractivity contribution in [2.45, 2.75) is 79.8 Å². The molecule has 0 heterocycles. The van der Waals surface area contributed by atoms with Gasteiger partial charge in [-0.1, -0.05) is 27.7 Å². The fourth-order valence-electron chi connectivity index (χ4n) is 3.48. The van der Waals surface area contributed by atoms with Crippen molar-refractivity contribution in [3.63, 3.8) is 0 Å². The largest absolute Gasteiger partial charge is 0.346 e. The summed E-state index contributed by atoms with van der Waals surface area (Å²) in [5.41, 5.74) is 0.177. The molecule has 0 aromatic carbocycles. The highest BCUT2D eigenvalue weighted by atomic mass is 16.7. The molecule has 2 nitrogen and oxygen atoms in total.